The van der Waals surface area contributed by atoms with E-state index in [1.807, 2.05) is 72.1 Å². The lowest BCUT2D eigenvalue weighted by Crippen LogP contribution is -2.27. The highest BCUT2D eigenvalue weighted by atomic mass is 32.1. The molecule has 4 rings (SSSR count). The Labute approximate surface area is 166 Å². The van der Waals surface area contributed by atoms with Crippen LogP contribution in [-0.2, 0) is 4.79 Å². The van der Waals surface area contributed by atoms with Crippen LogP contribution in [-0.4, -0.2) is 30.1 Å². The number of ether oxygens (including phenoxy) is 1. The molecule has 2 aromatic carbocycles. The molecule has 0 N–H and O–H groups in total. The van der Waals surface area contributed by atoms with Crippen LogP contribution in [0.2, 0.25) is 0 Å². The third-order valence-corrected chi connectivity index (χ3v) is 4.95. The first-order valence-corrected chi connectivity index (χ1v) is 9.54. The van der Waals surface area contributed by atoms with E-state index in [2.05, 4.69) is 10.1 Å². The van der Waals surface area contributed by atoms with Gasteiger partial charge in [0.05, 0.1) is 13.3 Å². The third kappa shape index (κ3) is 3.77. The molecule has 1 aliphatic rings. The van der Waals surface area contributed by atoms with Crippen molar-refractivity contribution in [3.63, 3.8) is 0 Å². The van der Waals surface area contributed by atoms with Gasteiger partial charge >= 0.3 is 0 Å². The highest BCUT2D eigenvalue weighted by Crippen LogP contribution is 2.24. The van der Waals surface area contributed by atoms with Crippen molar-refractivity contribution < 1.29 is 9.53 Å². The Kier molecular flexibility index (Phi) is 5.12. The molecule has 0 radical (unpaired) electrons. The van der Waals surface area contributed by atoms with Gasteiger partial charge in [-0.15, -0.1) is 11.3 Å². The Morgan fingerprint density at radius 1 is 1.04 bits per heavy atom. The summed E-state index contributed by atoms with van der Waals surface area (Å²) in [5.74, 6) is 1.03. The number of nitrogens with zero attached hydrogens (tertiary/aromatic N) is 3. The van der Waals surface area contributed by atoms with Crippen LogP contribution in [0.5, 0.6) is 5.75 Å². The number of carbonyl (C=O) groups excluding carboxylic acids is 1. The summed E-state index contributed by atoms with van der Waals surface area (Å²) >= 11 is 1.56. The van der Waals surface area contributed by atoms with Gasteiger partial charge in [0.15, 0.2) is 5.84 Å². The van der Waals surface area contributed by atoms with Gasteiger partial charge in [0, 0.05) is 10.4 Å². The molecule has 0 saturated carbocycles. The van der Waals surface area contributed by atoms with Gasteiger partial charge in [0.1, 0.15) is 11.4 Å². The summed E-state index contributed by atoms with van der Waals surface area (Å²) < 4.78 is 5.17. The maximum absolute atomic E-state index is 13.0. The number of amidine groups is 1. The molecule has 0 aliphatic carbocycles. The fourth-order valence-electron chi connectivity index (χ4n) is 2.71. The molecule has 2 heterocycles. The third-order valence-electron chi connectivity index (χ3n) is 4.13. The van der Waals surface area contributed by atoms with Gasteiger partial charge in [-0.1, -0.05) is 36.4 Å². The molecule has 0 bridgehead atoms. The minimum absolute atomic E-state index is 0.253. The number of thiophene rings is 1. The van der Waals surface area contributed by atoms with Crippen molar-refractivity contribution in [2.75, 3.05) is 7.11 Å². The summed E-state index contributed by atoms with van der Waals surface area (Å²) in [5.41, 5.74) is 2.06. The molecule has 0 saturated heterocycles. The zero-order valence-corrected chi connectivity index (χ0v) is 16.0. The van der Waals surface area contributed by atoms with Gasteiger partial charge < -0.3 is 4.74 Å². The lowest BCUT2D eigenvalue weighted by molar-refractivity contribution is -0.122. The fourth-order valence-corrected chi connectivity index (χ4v) is 3.36. The van der Waals surface area contributed by atoms with E-state index >= 15 is 0 Å². The van der Waals surface area contributed by atoms with E-state index < -0.39 is 0 Å². The molecule has 5 nitrogen and oxygen atoms in total. The van der Waals surface area contributed by atoms with Gasteiger partial charge in [-0.3, -0.25) is 4.79 Å². The SMILES string of the molecule is COc1ccc(/C=N\N2C(=O)C(=Cc3cccs3)N=C2c2ccccc2)cc1. The molecule has 1 aromatic heterocycles. The largest absolute Gasteiger partial charge is 0.497 e. The summed E-state index contributed by atoms with van der Waals surface area (Å²) in [6.07, 6.45) is 3.43. The standard InChI is InChI=1S/C22H17N3O2S/c1-27-18-11-9-16(10-12-18)15-23-25-21(17-6-3-2-4-7-17)24-20(22(25)26)14-19-8-5-13-28-19/h2-15H,1H3/b20-14?,23-15-. The Balaban J connectivity index is 1.68. The van der Waals surface area contributed by atoms with E-state index in [-0.39, 0.29) is 5.91 Å². The fraction of sp³-hybridized carbons (Fsp3) is 0.0455. The van der Waals surface area contributed by atoms with Crippen LogP contribution in [0.15, 0.2) is 87.9 Å². The maximum Gasteiger partial charge on any atom is 0.298 e. The number of amides is 1. The lowest BCUT2D eigenvalue weighted by Gasteiger charge is -2.11. The van der Waals surface area contributed by atoms with Crippen molar-refractivity contribution in [3.05, 3.63) is 93.8 Å². The van der Waals surface area contributed by atoms with Crippen LogP contribution in [0.3, 0.4) is 0 Å². The van der Waals surface area contributed by atoms with E-state index in [1.165, 1.54) is 5.01 Å². The van der Waals surface area contributed by atoms with Crippen LogP contribution in [0.25, 0.3) is 6.08 Å². The summed E-state index contributed by atoms with van der Waals surface area (Å²) in [4.78, 5) is 18.5. The van der Waals surface area contributed by atoms with Crippen molar-refractivity contribution in [3.8, 4) is 5.75 Å². The summed E-state index contributed by atoms with van der Waals surface area (Å²) in [6.45, 7) is 0. The Bertz CT molecular complexity index is 1050. The zero-order valence-electron chi connectivity index (χ0n) is 15.1. The summed E-state index contributed by atoms with van der Waals surface area (Å²) in [5, 5.41) is 7.73. The van der Waals surface area contributed by atoms with Crippen LogP contribution >= 0.6 is 11.3 Å². The number of hydrazone groups is 1. The second-order valence-electron chi connectivity index (χ2n) is 5.98. The number of methoxy groups -OCH3 is 1. The smallest absolute Gasteiger partial charge is 0.298 e. The topological polar surface area (TPSA) is 54.3 Å². The predicted molar refractivity (Wildman–Crippen MR) is 113 cm³/mol. The molecule has 0 spiro atoms. The molecule has 28 heavy (non-hydrogen) atoms. The monoisotopic (exact) mass is 387 g/mol. The minimum Gasteiger partial charge on any atom is -0.497 e. The lowest BCUT2D eigenvalue weighted by atomic mass is 10.2. The zero-order chi connectivity index (χ0) is 19.3. The van der Waals surface area contributed by atoms with Crippen LogP contribution in [0.4, 0.5) is 0 Å². The highest BCUT2D eigenvalue weighted by Gasteiger charge is 2.31. The van der Waals surface area contributed by atoms with Gasteiger partial charge in [0.2, 0.25) is 0 Å². The number of carbonyl (C=O) groups is 1. The van der Waals surface area contributed by atoms with Crippen molar-refractivity contribution in [1.82, 2.24) is 5.01 Å². The summed E-state index contributed by atoms with van der Waals surface area (Å²) in [6, 6.07) is 20.9. The first-order valence-electron chi connectivity index (χ1n) is 8.66. The second-order valence-corrected chi connectivity index (χ2v) is 6.96. The molecule has 6 heteroatoms. The molecular weight excluding hydrogens is 370 g/mol. The van der Waals surface area contributed by atoms with Gasteiger partial charge in [-0.05, 0) is 47.4 Å². The van der Waals surface area contributed by atoms with Crippen LogP contribution in [0, 0.1) is 0 Å². The molecule has 138 valence electrons. The van der Waals surface area contributed by atoms with E-state index in [0.717, 1.165) is 21.8 Å². The highest BCUT2D eigenvalue weighted by molar-refractivity contribution is 7.10. The number of rotatable bonds is 5. The average Bonchev–Trinajstić information content (AvgIpc) is 3.36. The Hall–Kier alpha value is -3.51. The normalized spacial score (nSPS) is 15.5. The maximum atomic E-state index is 13.0. The van der Waals surface area contributed by atoms with Crippen molar-refractivity contribution in [1.29, 1.82) is 0 Å². The minimum atomic E-state index is -0.253. The number of hydrogen-bond acceptors (Lipinski definition) is 5. The van der Waals surface area contributed by atoms with Gasteiger partial charge in [-0.25, -0.2) is 4.99 Å². The van der Waals surface area contributed by atoms with E-state index in [9.17, 15) is 4.79 Å². The molecular formula is C22H17N3O2S. The second kappa shape index (κ2) is 8.02. The quantitative estimate of drug-likeness (QED) is 0.481. The number of aliphatic imine (C=N–C) groups is 1. The molecule has 3 aromatic rings. The predicted octanol–water partition coefficient (Wildman–Crippen LogP) is 4.42. The molecule has 0 unspecified atom stereocenters. The number of benzene rings is 2. The van der Waals surface area contributed by atoms with Crippen LogP contribution in [0.1, 0.15) is 16.0 Å². The Morgan fingerprint density at radius 2 is 1.82 bits per heavy atom. The van der Waals surface area contributed by atoms with Crippen molar-refractivity contribution in [2.45, 2.75) is 0 Å². The molecule has 1 amide bonds. The molecule has 0 atom stereocenters. The number of hydrogen-bond donors (Lipinski definition) is 0. The van der Waals surface area contributed by atoms with Gasteiger partial charge in [-0.2, -0.15) is 10.1 Å². The van der Waals surface area contributed by atoms with Crippen molar-refractivity contribution >= 4 is 35.4 Å². The Morgan fingerprint density at radius 3 is 2.50 bits per heavy atom. The average molecular weight is 387 g/mol. The first-order chi connectivity index (χ1) is 13.7. The van der Waals surface area contributed by atoms with E-state index in [4.69, 9.17) is 4.74 Å². The first kappa shape index (κ1) is 17.9. The summed E-state index contributed by atoms with van der Waals surface area (Å²) in [7, 11) is 1.62. The molecule has 0 fully saturated rings. The van der Waals surface area contributed by atoms with E-state index in [0.29, 0.717) is 11.5 Å². The van der Waals surface area contributed by atoms with Crippen molar-refractivity contribution in [2.24, 2.45) is 10.1 Å². The van der Waals surface area contributed by atoms with Gasteiger partial charge in [0.25, 0.3) is 5.91 Å². The van der Waals surface area contributed by atoms with Crippen LogP contribution < -0.4 is 4.74 Å². The van der Waals surface area contributed by atoms with E-state index in [1.54, 1.807) is 30.7 Å². The molecule has 1 aliphatic heterocycles.